The van der Waals surface area contributed by atoms with Gasteiger partial charge in [0.15, 0.2) is 0 Å². The average Bonchev–Trinajstić information content (AvgIpc) is 3.42. The van der Waals surface area contributed by atoms with Gasteiger partial charge in [-0.2, -0.15) is 0 Å². The number of amides is 2. The Kier molecular flexibility index (Phi) is 16.6. The van der Waals surface area contributed by atoms with Crippen molar-refractivity contribution in [1.82, 2.24) is 14.9 Å². The van der Waals surface area contributed by atoms with E-state index >= 15 is 0 Å². The second-order valence-corrected chi connectivity index (χ2v) is 5.61. The monoisotopic (exact) mass is 382 g/mol. The molecule has 2 aliphatic rings. The number of nitrogens with one attached hydrogen (secondary N) is 2. The maximum absolute atomic E-state index is 11.8. The Morgan fingerprint density at radius 3 is 2.11 bits per heavy atom. The number of carbonyl (C=O) groups excluding carboxylic acids is 2. The summed E-state index contributed by atoms with van der Waals surface area (Å²) >= 11 is 0. The molecule has 2 heterocycles. The Bertz CT molecular complexity index is 535. The molecule has 1 aromatic rings. The van der Waals surface area contributed by atoms with Crippen LogP contribution in [0.25, 0.3) is 0 Å². The van der Waals surface area contributed by atoms with Crippen molar-refractivity contribution in [3.8, 4) is 0 Å². The number of carbonyl (C=O) groups is 2. The standard InChI is InChI=1S/C10H14N4O2.C5H10.3C2H6/c1-3-4-11-9(16)8-6(2)12-10-13-7(15)5-14(8)10;1-2-5-3-4-5;3*1-2/h3-5H2,1-2H3,(H,11,16)(H,12,13,15);5H,2-4H2,1H3;3*1-2H3. The van der Waals surface area contributed by atoms with Gasteiger partial charge in [-0.05, 0) is 19.3 Å². The minimum atomic E-state index is -0.172. The van der Waals surface area contributed by atoms with Crippen LogP contribution >= 0.6 is 0 Å². The zero-order chi connectivity index (χ0) is 21.4. The predicted molar refractivity (Wildman–Crippen MR) is 115 cm³/mol. The Balaban J connectivity index is 0. The average molecular weight is 383 g/mol. The maximum atomic E-state index is 11.8. The molecule has 2 N–H and O–H groups in total. The van der Waals surface area contributed by atoms with Crippen LogP contribution in [0.1, 0.15) is 97.3 Å². The molecule has 0 bridgehead atoms. The van der Waals surface area contributed by atoms with Gasteiger partial charge in [0.25, 0.3) is 5.91 Å². The number of imidazole rings is 1. The lowest BCUT2D eigenvalue weighted by Gasteiger charge is -2.05. The molecule has 0 aromatic carbocycles. The topological polar surface area (TPSA) is 76.0 Å². The first-order valence-corrected chi connectivity index (χ1v) is 10.7. The number of anilines is 1. The normalized spacial score (nSPS) is 13.0. The van der Waals surface area contributed by atoms with Crippen LogP contribution in [0.4, 0.5) is 5.95 Å². The minimum absolute atomic E-state index is 0.132. The SMILES string of the molecule is CC.CC.CC.CCC1CC1.CCCNC(=O)c1c(C)nc2n1CC(=O)N2. The lowest BCUT2D eigenvalue weighted by molar-refractivity contribution is -0.115. The summed E-state index contributed by atoms with van der Waals surface area (Å²) in [7, 11) is 0. The van der Waals surface area contributed by atoms with E-state index in [9.17, 15) is 9.59 Å². The van der Waals surface area contributed by atoms with Crippen molar-refractivity contribution in [1.29, 1.82) is 0 Å². The number of fused-ring (bicyclic) bond motifs is 1. The quantitative estimate of drug-likeness (QED) is 0.754. The van der Waals surface area contributed by atoms with E-state index < -0.39 is 0 Å². The first kappa shape index (κ1) is 27.4. The molecule has 2 amide bonds. The van der Waals surface area contributed by atoms with E-state index in [4.69, 9.17) is 0 Å². The van der Waals surface area contributed by atoms with E-state index in [1.165, 1.54) is 19.3 Å². The Hall–Kier alpha value is -1.85. The largest absolute Gasteiger partial charge is 0.351 e. The smallest absolute Gasteiger partial charge is 0.269 e. The molecule has 1 aromatic heterocycles. The summed E-state index contributed by atoms with van der Waals surface area (Å²) in [4.78, 5) is 27.1. The zero-order valence-corrected chi connectivity index (χ0v) is 19.0. The van der Waals surface area contributed by atoms with Crippen molar-refractivity contribution in [2.75, 3.05) is 11.9 Å². The fourth-order valence-corrected chi connectivity index (χ4v) is 2.27. The Labute approximate surface area is 166 Å². The second-order valence-electron chi connectivity index (χ2n) is 5.61. The minimum Gasteiger partial charge on any atom is -0.351 e. The van der Waals surface area contributed by atoms with E-state index in [1.54, 1.807) is 11.5 Å². The third-order valence-corrected chi connectivity index (χ3v) is 3.72. The predicted octanol–water partition coefficient (Wildman–Crippen LogP) is 5.17. The van der Waals surface area contributed by atoms with Gasteiger partial charge in [0.2, 0.25) is 11.9 Å². The molecule has 0 saturated heterocycles. The molecule has 0 atom stereocenters. The van der Waals surface area contributed by atoms with Crippen molar-refractivity contribution >= 4 is 17.8 Å². The summed E-state index contributed by atoms with van der Waals surface area (Å²) in [5.74, 6) is 1.29. The molecule has 6 nitrogen and oxygen atoms in total. The molecule has 1 aliphatic carbocycles. The highest BCUT2D eigenvalue weighted by Gasteiger charge is 2.27. The van der Waals surface area contributed by atoms with Crippen LogP contribution in [0, 0.1) is 12.8 Å². The highest BCUT2D eigenvalue weighted by Crippen LogP contribution is 2.31. The summed E-state index contributed by atoms with van der Waals surface area (Å²) in [5, 5.41) is 5.38. The summed E-state index contributed by atoms with van der Waals surface area (Å²) < 4.78 is 1.61. The molecular formula is C21H42N4O2. The summed E-state index contributed by atoms with van der Waals surface area (Å²) in [6.07, 6.45) is 5.32. The second kappa shape index (κ2) is 16.3. The maximum Gasteiger partial charge on any atom is 0.269 e. The fraction of sp³-hybridized carbons (Fsp3) is 0.762. The molecule has 0 radical (unpaired) electrons. The van der Waals surface area contributed by atoms with Crippen molar-refractivity contribution < 1.29 is 9.59 Å². The molecule has 6 heteroatoms. The number of hydrogen-bond acceptors (Lipinski definition) is 3. The van der Waals surface area contributed by atoms with E-state index in [1.807, 2.05) is 48.5 Å². The third kappa shape index (κ3) is 9.59. The van der Waals surface area contributed by atoms with Gasteiger partial charge >= 0.3 is 0 Å². The first-order chi connectivity index (χ1) is 13.1. The van der Waals surface area contributed by atoms with Crippen LogP contribution in [0.5, 0.6) is 0 Å². The van der Waals surface area contributed by atoms with E-state index in [-0.39, 0.29) is 18.4 Å². The Morgan fingerprint density at radius 2 is 1.70 bits per heavy atom. The van der Waals surface area contributed by atoms with Gasteiger partial charge in [0.1, 0.15) is 12.2 Å². The molecule has 0 unspecified atom stereocenters. The molecule has 3 rings (SSSR count). The van der Waals surface area contributed by atoms with Crippen LogP contribution in [-0.2, 0) is 11.3 Å². The highest BCUT2D eigenvalue weighted by molar-refractivity contribution is 5.99. The van der Waals surface area contributed by atoms with Gasteiger partial charge in [0, 0.05) is 6.54 Å². The third-order valence-electron chi connectivity index (χ3n) is 3.72. The number of hydrogen-bond donors (Lipinski definition) is 2. The molecule has 1 saturated carbocycles. The highest BCUT2D eigenvalue weighted by atomic mass is 16.2. The van der Waals surface area contributed by atoms with Crippen molar-refractivity contribution in [3.05, 3.63) is 11.4 Å². The van der Waals surface area contributed by atoms with E-state index in [0.717, 1.165) is 12.3 Å². The molecule has 1 aliphatic heterocycles. The molecule has 158 valence electrons. The molecule has 27 heavy (non-hydrogen) atoms. The number of rotatable bonds is 4. The van der Waals surface area contributed by atoms with Crippen molar-refractivity contribution in [3.63, 3.8) is 0 Å². The van der Waals surface area contributed by atoms with Gasteiger partial charge in [-0.1, -0.05) is 74.7 Å². The fourth-order valence-electron chi connectivity index (χ4n) is 2.27. The van der Waals surface area contributed by atoms with E-state index in [0.29, 0.717) is 23.9 Å². The van der Waals surface area contributed by atoms with Gasteiger partial charge in [-0.25, -0.2) is 4.98 Å². The molecular weight excluding hydrogens is 340 g/mol. The van der Waals surface area contributed by atoms with Crippen LogP contribution in [0.15, 0.2) is 0 Å². The summed E-state index contributed by atoms with van der Waals surface area (Å²) in [6, 6.07) is 0. The summed E-state index contributed by atoms with van der Waals surface area (Å²) in [6.45, 7) is 18.8. The number of aromatic nitrogens is 2. The lowest BCUT2D eigenvalue weighted by Crippen LogP contribution is -2.27. The van der Waals surface area contributed by atoms with Crippen molar-refractivity contribution in [2.45, 2.75) is 94.5 Å². The summed E-state index contributed by atoms with van der Waals surface area (Å²) in [5.41, 5.74) is 1.12. The van der Waals surface area contributed by atoms with E-state index in [2.05, 4.69) is 22.5 Å². The first-order valence-electron chi connectivity index (χ1n) is 10.7. The van der Waals surface area contributed by atoms with Crippen molar-refractivity contribution in [2.24, 2.45) is 5.92 Å². The van der Waals surface area contributed by atoms with Gasteiger partial charge < -0.3 is 5.32 Å². The van der Waals surface area contributed by atoms with Crippen LogP contribution in [0.2, 0.25) is 0 Å². The lowest BCUT2D eigenvalue weighted by atomic mass is 10.3. The number of nitrogens with zero attached hydrogens (tertiary/aromatic N) is 2. The van der Waals surface area contributed by atoms with Gasteiger partial charge in [-0.3, -0.25) is 19.5 Å². The zero-order valence-electron chi connectivity index (χ0n) is 19.0. The van der Waals surface area contributed by atoms with Crippen LogP contribution < -0.4 is 10.6 Å². The van der Waals surface area contributed by atoms with Crippen LogP contribution in [-0.4, -0.2) is 27.9 Å². The van der Waals surface area contributed by atoms with Gasteiger partial charge in [0.05, 0.1) is 5.69 Å². The van der Waals surface area contributed by atoms with Gasteiger partial charge in [-0.15, -0.1) is 0 Å². The molecule has 0 spiro atoms. The Morgan fingerprint density at radius 1 is 1.15 bits per heavy atom. The van der Waals surface area contributed by atoms with Crippen LogP contribution in [0.3, 0.4) is 0 Å². The number of aryl methyl sites for hydroxylation is 1. The molecule has 1 fully saturated rings.